The number of ketones is 2. The van der Waals surface area contributed by atoms with E-state index in [9.17, 15) is 19.2 Å². The lowest BCUT2D eigenvalue weighted by atomic mass is 9.46. The second-order valence-corrected chi connectivity index (χ2v) is 9.49. The fourth-order valence-electron chi connectivity index (χ4n) is 6.49. The normalized spacial score (nSPS) is 37.4. The lowest BCUT2D eigenvalue weighted by Gasteiger charge is -2.56. The largest absolute Gasteiger partial charge is 0.469 e. The van der Waals surface area contributed by atoms with Crippen molar-refractivity contribution in [1.82, 2.24) is 4.98 Å². The number of ether oxygens (including phenoxy) is 2. The summed E-state index contributed by atoms with van der Waals surface area (Å²) in [5, 5.41) is 0. The minimum atomic E-state index is -0.977. The second-order valence-electron chi connectivity index (χ2n) is 9.49. The Hall–Kier alpha value is -2.57. The first-order valence-electron chi connectivity index (χ1n) is 11.0. The molecule has 0 bridgehead atoms. The summed E-state index contributed by atoms with van der Waals surface area (Å²) in [4.78, 5) is 55.2. The average molecular weight is 427 g/mol. The molecule has 0 aromatic carbocycles. The summed E-state index contributed by atoms with van der Waals surface area (Å²) in [6.07, 6.45) is 5.00. The minimum absolute atomic E-state index is 0.0116. The van der Waals surface area contributed by atoms with E-state index in [-0.39, 0.29) is 41.7 Å². The van der Waals surface area contributed by atoms with Crippen molar-refractivity contribution in [2.45, 2.75) is 58.0 Å². The van der Waals surface area contributed by atoms with Gasteiger partial charge in [0.25, 0.3) is 0 Å². The second kappa shape index (κ2) is 8.17. The zero-order valence-corrected chi connectivity index (χ0v) is 18.2. The number of methoxy groups -OCH3 is 1. The molecule has 3 fully saturated rings. The van der Waals surface area contributed by atoms with Crippen LogP contribution in [0.5, 0.6) is 0 Å². The topological polar surface area (TPSA) is 99.6 Å². The first-order valence-corrected chi connectivity index (χ1v) is 11.0. The number of carbonyl (C=O) groups is 4. The van der Waals surface area contributed by atoms with Gasteiger partial charge in [0.05, 0.1) is 13.0 Å². The standard InChI is InChI=1S/C24H29NO6/c1-13(26)31-20-12-18(23(29)30-3)24(2)7-4-16-17(21(24)22(20)28)10-15(11-19(16)27)14-5-8-25-9-6-14/h5-6,8-9,15-18,20-21H,4,7,10-12H2,1-3H3/t15-,16-,17+,18+,20+,21+,24+/m1/s1. The van der Waals surface area contributed by atoms with Gasteiger partial charge in [0.2, 0.25) is 0 Å². The third-order valence-electron chi connectivity index (χ3n) is 7.91. The van der Waals surface area contributed by atoms with E-state index in [1.54, 1.807) is 12.4 Å². The van der Waals surface area contributed by atoms with Crippen molar-refractivity contribution in [3.05, 3.63) is 30.1 Å². The fourth-order valence-corrected chi connectivity index (χ4v) is 6.49. The Morgan fingerprint density at radius 3 is 2.52 bits per heavy atom. The molecule has 1 aromatic heterocycles. The monoisotopic (exact) mass is 427 g/mol. The SMILES string of the molecule is COC(=O)[C@@H]1C[C@H](OC(C)=O)C(=O)[C@@H]2[C@H]3C[C@@H](c4ccncc4)CC(=O)[C@@H]3CC[C@]21C. The summed E-state index contributed by atoms with van der Waals surface area (Å²) in [7, 11) is 1.34. The van der Waals surface area contributed by atoms with E-state index in [1.807, 2.05) is 19.1 Å². The van der Waals surface area contributed by atoms with Crippen LogP contribution < -0.4 is 0 Å². The molecule has 3 saturated carbocycles. The van der Waals surface area contributed by atoms with Gasteiger partial charge in [0.1, 0.15) is 5.78 Å². The highest BCUT2D eigenvalue weighted by Crippen LogP contribution is 2.60. The predicted molar refractivity (Wildman–Crippen MR) is 110 cm³/mol. The Kier molecular flexibility index (Phi) is 5.71. The minimum Gasteiger partial charge on any atom is -0.469 e. The van der Waals surface area contributed by atoms with Gasteiger partial charge in [-0.2, -0.15) is 0 Å². The summed E-state index contributed by atoms with van der Waals surface area (Å²) in [6.45, 7) is 3.24. The molecule has 7 atom stereocenters. The van der Waals surface area contributed by atoms with E-state index >= 15 is 0 Å². The Labute approximate surface area is 181 Å². The smallest absolute Gasteiger partial charge is 0.309 e. The Balaban J connectivity index is 1.73. The van der Waals surface area contributed by atoms with Crippen LogP contribution in [-0.4, -0.2) is 41.7 Å². The lowest BCUT2D eigenvalue weighted by Crippen LogP contribution is -2.60. The van der Waals surface area contributed by atoms with Crippen molar-refractivity contribution in [2.24, 2.45) is 29.1 Å². The van der Waals surface area contributed by atoms with E-state index in [0.717, 1.165) is 5.56 Å². The summed E-state index contributed by atoms with van der Waals surface area (Å²) >= 11 is 0. The van der Waals surface area contributed by atoms with Crippen LogP contribution in [0.3, 0.4) is 0 Å². The number of aromatic nitrogens is 1. The molecule has 1 aromatic rings. The Bertz CT molecular complexity index is 899. The van der Waals surface area contributed by atoms with Gasteiger partial charge in [-0.1, -0.05) is 6.92 Å². The van der Waals surface area contributed by atoms with Crippen molar-refractivity contribution in [1.29, 1.82) is 0 Å². The number of Topliss-reactive ketones (excluding diaryl/α,β-unsaturated/α-hetero) is 2. The molecule has 4 rings (SSSR count). The van der Waals surface area contributed by atoms with E-state index in [2.05, 4.69) is 4.98 Å². The molecule has 0 N–H and O–H groups in total. The highest BCUT2D eigenvalue weighted by atomic mass is 16.5. The van der Waals surface area contributed by atoms with Crippen LogP contribution in [0.15, 0.2) is 24.5 Å². The van der Waals surface area contributed by atoms with Crippen LogP contribution in [0.25, 0.3) is 0 Å². The van der Waals surface area contributed by atoms with Gasteiger partial charge in [-0.25, -0.2) is 0 Å². The van der Waals surface area contributed by atoms with Crippen molar-refractivity contribution < 1.29 is 28.7 Å². The van der Waals surface area contributed by atoms with Gasteiger partial charge in [-0.15, -0.1) is 0 Å². The molecular weight excluding hydrogens is 398 g/mol. The van der Waals surface area contributed by atoms with Gasteiger partial charge >= 0.3 is 11.9 Å². The van der Waals surface area contributed by atoms with Crippen LogP contribution in [-0.2, 0) is 28.7 Å². The molecule has 166 valence electrons. The number of hydrogen-bond acceptors (Lipinski definition) is 7. The van der Waals surface area contributed by atoms with Crippen LogP contribution in [0, 0.1) is 29.1 Å². The van der Waals surface area contributed by atoms with Crippen LogP contribution in [0.4, 0.5) is 0 Å². The molecule has 1 heterocycles. The number of nitrogens with zero attached hydrogens (tertiary/aromatic N) is 1. The Morgan fingerprint density at radius 2 is 1.87 bits per heavy atom. The molecule has 7 heteroatoms. The van der Waals surface area contributed by atoms with E-state index in [0.29, 0.717) is 25.7 Å². The maximum Gasteiger partial charge on any atom is 0.309 e. The zero-order valence-electron chi connectivity index (χ0n) is 18.2. The highest BCUT2D eigenvalue weighted by Gasteiger charge is 2.62. The summed E-state index contributed by atoms with van der Waals surface area (Å²) in [6, 6.07) is 3.84. The van der Waals surface area contributed by atoms with Crippen LogP contribution >= 0.6 is 0 Å². The van der Waals surface area contributed by atoms with Crippen molar-refractivity contribution in [3.8, 4) is 0 Å². The first kappa shape index (κ1) is 21.7. The average Bonchev–Trinajstić information content (AvgIpc) is 2.75. The maximum absolute atomic E-state index is 13.6. The fraction of sp³-hybridized carbons (Fsp3) is 0.625. The van der Waals surface area contributed by atoms with Crippen molar-refractivity contribution in [3.63, 3.8) is 0 Å². The summed E-state index contributed by atoms with van der Waals surface area (Å²) < 4.78 is 10.4. The van der Waals surface area contributed by atoms with E-state index in [1.165, 1.54) is 14.0 Å². The summed E-state index contributed by atoms with van der Waals surface area (Å²) in [5.74, 6) is -2.37. The molecule has 3 aliphatic carbocycles. The predicted octanol–water partition coefficient (Wildman–Crippen LogP) is 2.87. The number of pyridine rings is 1. The molecule has 0 amide bonds. The molecule has 3 aliphatic rings. The van der Waals surface area contributed by atoms with Crippen molar-refractivity contribution in [2.75, 3.05) is 7.11 Å². The maximum atomic E-state index is 13.6. The summed E-state index contributed by atoms with van der Waals surface area (Å²) in [5.41, 5.74) is 0.418. The molecule has 7 nitrogen and oxygen atoms in total. The van der Waals surface area contributed by atoms with Crippen LogP contribution in [0.1, 0.15) is 57.4 Å². The van der Waals surface area contributed by atoms with Gasteiger partial charge in [0.15, 0.2) is 11.9 Å². The number of carbonyl (C=O) groups excluding carboxylic acids is 4. The van der Waals surface area contributed by atoms with Gasteiger partial charge in [0, 0.05) is 44.0 Å². The number of rotatable bonds is 3. The molecular formula is C24H29NO6. The number of fused-ring (bicyclic) bond motifs is 3. The number of hydrogen-bond donors (Lipinski definition) is 0. The third-order valence-corrected chi connectivity index (χ3v) is 7.91. The molecule has 0 unspecified atom stereocenters. The highest BCUT2D eigenvalue weighted by molar-refractivity contribution is 5.93. The first-order chi connectivity index (χ1) is 14.8. The van der Waals surface area contributed by atoms with E-state index < -0.39 is 29.3 Å². The molecule has 0 aliphatic heterocycles. The molecule has 31 heavy (non-hydrogen) atoms. The van der Waals surface area contributed by atoms with Crippen LogP contribution in [0.2, 0.25) is 0 Å². The zero-order chi connectivity index (χ0) is 22.3. The van der Waals surface area contributed by atoms with E-state index in [4.69, 9.17) is 9.47 Å². The molecule has 0 saturated heterocycles. The lowest BCUT2D eigenvalue weighted by molar-refractivity contribution is -0.183. The quantitative estimate of drug-likeness (QED) is 0.684. The third kappa shape index (κ3) is 3.68. The van der Waals surface area contributed by atoms with Crippen molar-refractivity contribution >= 4 is 23.5 Å². The van der Waals surface area contributed by atoms with Gasteiger partial charge < -0.3 is 9.47 Å². The van der Waals surface area contributed by atoms with Gasteiger partial charge in [-0.3, -0.25) is 24.2 Å². The van der Waals surface area contributed by atoms with Gasteiger partial charge in [-0.05, 0) is 54.2 Å². The number of esters is 2. The Morgan fingerprint density at radius 1 is 1.16 bits per heavy atom. The molecule has 0 radical (unpaired) electrons. The molecule has 0 spiro atoms.